The number of ether oxygens (including phenoxy) is 2. The number of pyridine rings is 4. The van der Waals surface area contributed by atoms with Gasteiger partial charge in [-0.25, -0.2) is 9.97 Å². The molecule has 51 heavy (non-hydrogen) atoms. The maximum Gasteiger partial charge on any atom is 0.274 e. The van der Waals surface area contributed by atoms with Gasteiger partial charge in [-0.15, -0.1) is 0 Å². The molecule has 4 aromatic rings. The lowest BCUT2D eigenvalue weighted by Gasteiger charge is -2.46. The zero-order valence-corrected chi connectivity index (χ0v) is 29.5. The molecule has 0 unspecified atom stereocenters. The molecule has 0 radical (unpaired) electrons. The fraction of sp³-hybridized carbons (Fsp3) is 0.459. The predicted octanol–water partition coefficient (Wildman–Crippen LogP) is 2.46. The maximum atomic E-state index is 13.2. The van der Waals surface area contributed by atoms with Gasteiger partial charge in [-0.05, 0) is 43.3 Å². The Hall–Kier alpha value is -4.76. The SMILES string of the molecule is C[C@H]1CN(C2COC2)CCN1c1ccc(Nc2cc(-c3cc(Nc4ccc(N5CCN(C6COC6)CC5)cn4)c(=O)n(C)c3)cn(C)c2=O)nc1. The van der Waals surface area contributed by atoms with Crippen LogP contribution in [-0.4, -0.2) is 119 Å². The maximum absolute atomic E-state index is 13.2. The van der Waals surface area contributed by atoms with Crippen molar-refractivity contribution >= 4 is 34.4 Å². The van der Waals surface area contributed by atoms with Crippen LogP contribution in [0.5, 0.6) is 0 Å². The van der Waals surface area contributed by atoms with Crippen molar-refractivity contribution in [2.45, 2.75) is 25.0 Å². The normalized spacial score (nSPS) is 20.6. The Morgan fingerprint density at radius 1 is 0.667 bits per heavy atom. The first kappa shape index (κ1) is 33.4. The third-order valence-corrected chi connectivity index (χ3v) is 10.7. The van der Waals surface area contributed by atoms with Gasteiger partial charge in [-0.2, -0.15) is 0 Å². The summed E-state index contributed by atoms with van der Waals surface area (Å²) in [5.74, 6) is 1.16. The molecule has 14 nitrogen and oxygen atoms in total. The highest BCUT2D eigenvalue weighted by Gasteiger charge is 2.32. The highest BCUT2D eigenvalue weighted by Crippen LogP contribution is 2.27. The van der Waals surface area contributed by atoms with Crippen molar-refractivity contribution in [1.82, 2.24) is 28.9 Å². The van der Waals surface area contributed by atoms with E-state index in [0.29, 0.717) is 41.1 Å². The number of nitrogens with zero attached hydrogens (tertiary/aromatic N) is 8. The molecule has 0 spiro atoms. The van der Waals surface area contributed by atoms with Gasteiger partial charge < -0.3 is 39.0 Å². The van der Waals surface area contributed by atoms with Crippen molar-refractivity contribution in [1.29, 1.82) is 0 Å². The molecule has 4 saturated heterocycles. The van der Waals surface area contributed by atoms with Crippen molar-refractivity contribution in [2.24, 2.45) is 14.1 Å². The summed E-state index contributed by atoms with van der Waals surface area (Å²) in [6.45, 7) is 12.4. The van der Waals surface area contributed by atoms with E-state index in [4.69, 9.17) is 9.47 Å². The highest BCUT2D eigenvalue weighted by molar-refractivity contribution is 5.72. The summed E-state index contributed by atoms with van der Waals surface area (Å²) in [6.07, 6.45) is 7.27. The third kappa shape index (κ3) is 6.96. The van der Waals surface area contributed by atoms with E-state index in [1.807, 2.05) is 30.6 Å². The molecule has 0 aliphatic carbocycles. The van der Waals surface area contributed by atoms with Crippen LogP contribution in [0, 0.1) is 0 Å². The molecule has 0 aromatic carbocycles. The number of aromatic nitrogens is 4. The van der Waals surface area contributed by atoms with Crippen molar-refractivity contribution in [2.75, 3.05) is 92.7 Å². The molecular formula is C37H46N10O4. The average molecular weight is 695 g/mol. The van der Waals surface area contributed by atoms with Crippen molar-refractivity contribution < 1.29 is 9.47 Å². The predicted molar refractivity (Wildman–Crippen MR) is 199 cm³/mol. The van der Waals surface area contributed by atoms with E-state index < -0.39 is 0 Å². The summed E-state index contributed by atoms with van der Waals surface area (Å²) in [6, 6.07) is 13.0. The summed E-state index contributed by atoms with van der Waals surface area (Å²) in [4.78, 5) is 45.5. The van der Waals surface area contributed by atoms with Crippen LogP contribution in [0.1, 0.15) is 6.92 Å². The lowest BCUT2D eigenvalue weighted by molar-refractivity contribution is -0.0691. The van der Waals surface area contributed by atoms with E-state index in [0.717, 1.165) is 94.7 Å². The number of nitrogens with one attached hydrogen (secondary N) is 2. The van der Waals surface area contributed by atoms with Crippen LogP contribution in [0.25, 0.3) is 11.1 Å². The molecule has 4 fully saturated rings. The minimum absolute atomic E-state index is 0.180. The molecule has 0 saturated carbocycles. The Morgan fingerprint density at radius 3 is 1.65 bits per heavy atom. The quantitative estimate of drug-likeness (QED) is 0.268. The highest BCUT2D eigenvalue weighted by atomic mass is 16.5. The Balaban J connectivity index is 0.951. The molecule has 8 rings (SSSR count). The van der Waals surface area contributed by atoms with Gasteiger partial charge in [-0.1, -0.05) is 0 Å². The smallest absolute Gasteiger partial charge is 0.274 e. The van der Waals surface area contributed by atoms with Gasteiger partial charge in [0.05, 0.1) is 62.3 Å². The van der Waals surface area contributed by atoms with Crippen LogP contribution in [0.15, 0.2) is 70.8 Å². The lowest BCUT2D eigenvalue weighted by atomic mass is 10.1. The van der Waals surface area contributed by atoms with Crippen LogP contribution >= 0.6 is 0 Å². The summed E-state index contributed by atoms with van der Waals surface area (Å²) in [7, 11) is 3.44. The van der Waals surface area contributed by atoms with Gasteiger partial charge in [0, 0.05) is 89.5 Å². The fourth-order valence-electron chi connectivity index (χ4n) is 7.39. The summed E-state index contributed by atoms with van der Waals surface area (Å²) < 4.78 is 13.8. The zero-order chi connectivity index (χ0) is 35.1. The van der Waals surface area contributed by atoms with E-state index in [9.17, 15) is 9.59 Å². The molecule has 268 valence electrons. The number of hydrogen-bond acceptors (Lipinski definition) is 12. The van der Waals surface area contributed by atoms with E-state index in [1.54, 1.807) is 43.2 Å². The van der Waals surface area contributed by atoms with Gasteiger partial charge in [0.25, 0.3) is 11.1 Å². The van der Waals surface area contributed by atoms with E-state index in [2.05, 4.69) is 53.2 Å². The Bertz CT molecular complexity index is 1970. The first-order valence-corrected chi connectivity index (χ1v) is 17.8. The summed E-state index contributed by atoms with van der Waals surface area (Å²) in [5.41, 5.74) is 4.09. The van der Waals surface area contributed by atoms with Crippen LogP contribution < -0.4 is 31.6 Å². The monoisotopic (exact) mass is 694 g/mol. The molecule has 4 aromatic heterocycles. The molecule has 4 aliphatic heterocycles. The van der Waals surface area contributed by atoms with E-state index in [1.165, 1.54) is 4.57 Å². The Kier molecular flexibility index (Phi) is 9.23. The third-order valence-electron chi connectivity index (χ3n) is 10.7. The second kappa shape index (κ2) is 14.1. The molecule has 1 atom stereocenters. The summed E-state index contributed by atoms with van der Waals surface area (Å²) in [5, 5.41) is 6.47. The standard InChI is InChI=1S/C37H46N10O4/c1-25-18-46(31-23-51-24-31)12-13-47(25)29-5-7-35(39-17-29)41-33-15-27(20-43(3)37(33)49)26-14-32(36(48)42(2)19-26)40-34-6-4-28(16-38-34)44-8-10-45(11-9-44)30-21-50-22-30/h4-7,14-17,19-20,25,30-31H,8-13,18,21-24H2,1-3H3,(H,38,40)(H,39,41)/t25-/m0/s1. The Morgan fingerprint density at radius 2 is 1.18 bits per heavy atom. The second-order valence-electron chi connectivity index (χ2n) is 14.1. The first-order chi connectivity index (χ1) is 24.8. The Labute approximate surface area is 297 Å². The minimum Gasteiger partial charge on any atom is -0.378 e. The van der Waals surface area contributed by atoms with Gasteiger partial charge in [0.2, 0.25) is 0 Å². The van der Waals surface area contributed by atoms with E-state index in [-0.39, 0.29) is 11.1 Å². The number of rotatable bonds is 9. The van der Waals surface area contributed by atoms with E-state index >= 15 is 0 Å². The van der Waals surface area contributed by atoms with Crippen LogP contribution in [0.2, 0.25) is 0 Å². The lowest BCUT2D eigenvalue weighted by Crippen LogP contribution is -2.59. The van der Waals surface area contributed by atoms with Gasteiger partial charge in [0.1, 0.15) is 23.0 Å². The zero-order valence-electron chi connectivity index (χ0n) is 29.5. The molecule has 0 bridgehead atoms. The second-order valence-corrected chi connectivity index (χ2v) is 14.1. The fourth-order valence-corrected chi connectivity index (χ4v) is 7.39. The first-order valence-electron chi connectivity index (χ1n) is 17.8. The van der Waals surface area contributed by atoms with Gasteiger partial charge in [0.15, 0.2) is 0 Å². The topological polar surface area (TPSA) is 125 Å². The van der Waals surface area contributed by atoms with Gasteiger partial charge in [-0.3, -0.25) is 19.4 Å². The molecular weight excluding hydrogens is 648 g/mol. The molecule has 4 aliphatic rings. The van der Waals surface area contributed by atoms with Crippen molar-refractivity contribution in [3.05, 3.63) is 81.9 Å². The molecule has 0 amide bonds. The number of anilines is 6. The summed E-state index contributed by atoms with van der Waals surface area (Å²) >= 11 is 0. The largest absolute Gasteiger partial charge is 0.378 e. The number of hydrogen-bond donors (Lipinski definition) is 2. The van der Waals surface area contributed by atoms with Crippen molar-refractivity contribution in [3.63, 3.8) is 0 Å². The van der Waals surface area contributed by atoms with Crippen LogP contribution in [-0.2, 0) is 23.6 Å². The number of piperazine rings is 2. The minimum atomic E-state index is -0.180. The van der Waals surface area contributed by atoms with Crippen LogP contribution in [0.3, 0.4) is 0 Å². The van der Waals surface area contributed by atoms with Crippen molar-refractivity contribution in [3.8, 4) is 11.1 Å². The van der Waals surface area contributed by atoms with Gasteiger partial charge >= 0.3 is 0 Å². The molecule has 2 N–H and O–H groups in total. The molecule has 8 heterocycles. The average Bonchev–Trinajstić information content (AvgIpc) is 3.08. The molecule has 14 heteroatoms. The van der Waals surface area contributed by atoms with Crippen LogP contribution in [0.4, 0.5) is 34.4 Å². The number of aryl methyl sites for hydroxylation is 2.